The monoisotopic (exact) mass is 531 g/mol. The van der Waals surface area contributed by atoms with Crippen LogP contribution in [0, 0.1) is 0 Å². The predicted octanol–water partition coefficient (Wildman–Crippen LogP) is 7.16. The predicted molar refractivity (Wildman–Crippen MR) is 150 cm³/mol. The fraction of sp³-hybridized carbons (Fsp3) is 0.107. The van der Waals surface area contributed by atoms with E-state index in [0.29, 0.717) is 25.7 Å². The molecule has 1 fully saturated rings. The lowest BCUT2D eigenvalue weighted by molar-refractivity contribution is -0.123. The van der Waals surface area contributed by atoms with E-state index in [1.165, 1.54) is 11.8 Å². The Kier molecular flexibility index (Phi) is 6.96. The number of carbonyl (C=O) groups excluding carboxylic acids is 1. The van der Waals surface area contributed by atoms with Gasteiger partial charge >= 0.3 is 0 Å². The minimum absolute atomic E-state index is 0.118. The van der Waals surface area contributed by atoms with Crippen molar-refractivity contribution in [3.8, 4) is 22.7 Å². The largest absolute Gasteiger partial charge is 0.495 e. The minimum atomic E-state index is -0.170. The van der Waals surface area contributed by atoms with Crippen LogP contribution in [0.1, 0.15) is 24.1 Å². The lowest BCUT2D eigenvalue weighted by Gasteiger charge is -2.23. The molecule has 1 saturated heterocycles. The Bertz CT molecular complexity index is 1470. The van der Waals surface area contributed by atoms with Gasteiger partial charge in [0.1, 0.15) is 15.8 Å². The number of hydrogen-bond acceptors (Lipinski definition) is 5. The molecule has 5 nitrogen and oxygen atoms in total. The maximum Gasteiger partial charge on any atom is 0.266 e. The van der Waals surface area contributed by atoms with Crippen LogP contribution in [0.5, 0.6) is 5.75 Å². The van der Waals surface area contributed by atoms with Gasteiger partial charge in [0.25, 0.3) is 5.91 Å². The first kappa shape index (κ1) is 24.3. The van der Waals surface area contributed by atoms with Crippen molar-refractivity contribution < 1.29 is 9.53 Å². The van der Waals surface area contributed by atoms with Gasteiger partial charge in [0.05, 0.1) is 28.8 Å². The number of halogens is 1. The first-order chi connectivity index (χ1) is 17.5. The topological polar surface area (TPSA) is 47.4 Å². The van der Waals surface area contributed by atoms with Gasteiger partial charge in [0.15, 0.2) is 0 Å². The second-order valence-electron chi connectivity index (χ2n) is 8.20. The first-order valence-corrected chi connectivity index (χ1v) is 12.9. The average molecular weight is 532 g/mol. The summed E-state index contributed by atoms with van der Waals surface area (Å²) in [7, 11) is 1.58. The zero-order chi connectivity index (χ0) is 25.2. The molecule has 1 atom stereocenters. The van der Waals surface area contributed by atoms with Crippen LogP contribution in [0.15, 0.2) is 90.0 Å². The van der Waals surface area contributed by atoms with Gasteiger partial charge in [-0.2, -0.15) is 5.10 Å². The molecule has 2 heterocycles. The third kappa shape index (κ3) is 4.69. The molecular weight excluding hydrogens is 510 g/mol. The molecule has 1 aromatic heterocycles. The highest BCUT2D eigenvalue weighted by Gasteiger charge is 2.36. The molecule has 0 saturated carbocycles. The standard InChI is InChI=1S/C28H22ClN3O2S2/c1-18(19-9-5-3-6-10-19)32-27(33)25(36-28(32)35)16-21-17-31(22-11-7-4-8-12-22)30-26(21)20-13-14-24(34-2)23(29)15-20/h3-18H,1-2H3/b25-16-/t18-/m0/s1. The molecule has 0 unspecified atom stereocenters. The van der Waals surface area contributed by atoms with Crippen LogP contribution >= 0.6 is 35.6 Å². The van der Waals surface area contributed by atoms with Crippen molar-refractivity contribution in [1.29, 1.82) is 0 Å². The number of aromatic nitrogens is 2. The van der Waals surface area contributed by atoms with E-state index in [0.717, 1.165) is 22.4 Å². The summed E-state index contributed by atoms with van der Waals surface area (Å²) in [5, 5.41) is 5.33. The third-order valence-corrected chi connectivity index (χ3v) is 7.59. The molecule has 1 aliphatic heterocycles. The minimum Gasteiger partial charge on any atom is -0.495 e. The van der Waals surface area contributed by atoms with Gasteiger partial charge < -0.3 is 4.74 Å². The average Bonchev–Trinajstić information content (AvgIpc) is 3.45. The molecule has 0 bridgehead atoms. The molecule has 0 spiro atoms. The maximum absolute atomic E-state index is 13.5. The highest BCUT2D eigenvalue weighted by atomic mass is 35.5. The van der Waals surface area contributed by atoms with Gasteiger partial charge in [-0.15, -0.1) is 0 Å². The molecule has 0 N–H and O–H groups in total. The van der Waals surface area contributed by atoms with Crippen LogP contribution in [0.25, 0.3) is 23.0 Å². The highest BCUT2D eigenvalue weighted by Crippen LogP contribution is 2.39. The Balaban J connectivity index is 1.56. The van der Waals surface area contributed by atoms with Crippen molar-refractivity contribution >= 4 is 51.9 Å². The zero-order valence-corrected chi connectivity index (χ0v) is 22.0. The van der Waals surface area contributed by atoms with Crippen molar-refractivity contribution in [3.05, 3.63) is 106 Å². The molecule has 0 aliphatic carbocycles. The second-order valence-corrected chi connectivity index (χ2v) is 10.3. The maximum atomic E-state index is 13.5. The summed E-state index contributed by atoms with van der Waals surface area (Å²) in [6.45, 7) is 1.99. The summed E-state index contributed by atoms with van der Waals surface area (Å²) in [5.74, 6) is 0.466. The van der Waals surface area contributed by atoms with Gasteiger partial charge in [-0.3, -0.25) is 9.69 Å². The molecule has 180 valence electrons. The number of para-hydroxylation sites is 1. The summed E-state index contributed by atoms with van der Waals surface area (Å²) in [4.78, 5) is 15.7. The number of carbonyl (C=O) groups is 1. The van der Waals surface area contributed by atoms with Crippen LogP contribution in [-0.2, 0) is 4.79 Å². The van der Waals surface area contributed by atoms with E-state index >= 15 is 0 Å². The van der Waals surface area contributed by atoms with Crippen LogP contribution in [0.3, 0.4) is 0 Å². The molecule has 3 aromatic carbocycles. The molecule has 0 radical (unpaired) electrons. The highest BCUT2D eigenvalue weighted by molar-refractivity contribution is 8.26. The number of hydrogen-bond donors (Lipinski definition) is 0. The quantitative estimate of drug-likeness (QED) is 0.195. The van der Waals surface area contributed by atoms with Crippen molar-refractivity contribution in [2.24, 2.45) is 0 Å². The van der Waals surface area contributed by atoms with Crippen LogP contribution in [-0.4, -0.2) is 32.0 Å². The number of amides is 1. The van der Waals surface area contributed by atoms with E-state index in [4.69, 9.17) is 33.7 Å². The van der Waals surface area contributed by atoms with Crippen LogP contribution < -0.4 is 4.74 Å². The van der Waals surface area contributed by atoms with Gasteiger partial charge in [0, 0.05) is 17.3 Å². The smallest absolute Gasteiger partial charge is 0.266 e. The molecule has 36 heavy (non-hydrogen) atoms. The molecule has 5 rings (SSSR count). The Hall–Kier alpha value is -3.39. The Morgan fingerprint density at radius 1 is 1.06 bits per heavy atom. The lowest BCUT2D eigenvalue weighted by atomic mass is 10.1. The Morgan fingerprint density at radius 3 is 2.42 bits per heavy atom. The second kappa shape index (κ2) is 10.3. The van der Waals surface area contributed by atoms with E-state index in [1.54, 1.807) is 16.7 Å². The number of benzene rings is 3. The van der Waals surface area contributed by atoms with Gasteiger partial charge in [0.2, 0.25) is 0 Å². The Morgan fingerprint density at radius 2 is 1.75 bits per heavy atom. The number of rotatable bonds is 6. The SMILES string of the molecule is COc1ccc(-c2nn(-c3ccccc3)cc2/C=C2\SC(=S)N([C@@H](C)c3ccccc3)C2=O)cc1Cl. The van der Waals surface area contributed by atoms with Gasteiger partial charge in [-0.25, -0.2) is 4.68 Å². The summed E-state index contributed by atoms with van der Waals surface area (Å²) < 4.78 is 7.64. The molecule has 4 aromatic rings. The number of thiocarbonyl (C=S) groups is 1. The van der Waals surface area contributed by atoms with E-state index in [1.807, 2.05) is 98.1 Å². The molecular formula is C28H22ClN3O2S2. The third-order valence-electron chi connectivity index (χ3n) is 5.97. The summed E-state index contributed by atoms with van der Waals surface area (Å²) in [6.07, 6.45) is 3.77. The van der Waals surface area contributed by atoms with E-state index in [9.17, 15) is 4.79 Å². The summed E-state index contributed by atoms with van der Waals surface area (Å²) >= 11 is 13.3. The van der Waals surface area contributed by atoms with Crippen molar-refractivity contribution in [3.63, 3.8) is 0 Å². The zero-order valence-electron chi connectivity index (χ0n) is 19.6. The van der Waals surface area contributed by atoms with Gasteiger partial charge in [-0.1, -0.05) is 84.1 Å². The number of ether oxygens (including phenoxy) is 1. The first-order valence-electron chi connectivity index (χ1n) is 11.3. The normalized spacial score (nSPS) is 15.5. The van der Waals surface area contributed by atoms with Crippen molar-refractivity contribution in [2.45, 2.75) is 13.0 Å². The van der Waals surface area contributed by atoms with Crippen molar-refractivity contribution in [1.82, 2.24) is 14.7 Å². The molecule has 8 heteroatoms. The summed E-state index contributed by atoms with van der Waals surface area (Å²) in [6, 6.07) is 25.1. The van der Waals surface area contributed by atoms with E-state index < -0.39 is 0 Å². The van der Waals surface area contributed by atoms with Gasteiger partial charge in [-0.05, 0) is 48.9 Å². The van der Waals surface area contributed by atoms with Crippen LogP contribution in [0.2, 0.25) is 5.02 Å². The number of thioether (sulfide) groups is 1. The summed E-state index contributed by atoms with van der Waals surface area (Å²) in [5.41, 5.74) is 4.23. The van der Waals surface area contributed by atoms with E-state index in [-0.39, 0.29) is 11.9 Å². The number of methoxy groups -OCH3 is 1. The molecule has 1 amide bonds. The molecule has 1 aliphatic rings. The lowest BCUT2D eigenvalue weighted by Crippen LogP contribution is -2.30. The Labute approximate surface area is 224 Å². The van der Waals surface area contributed by atoms with Crippen LogP contribution in [0.4, 0.5) is 0 Å². The number of nitrogens with zero attached hydrogens (tertiary/aromatic N) is 3. The van der Waals surface area contributed by atoms with Crippen molar-refractivity contribution in [2.75, 3.05) is 7.11 Å². The fourth-order valence-electron chi connectivity index (χ4n) is 4.08. The van der Waals surface area contributed by atoms with E-state index in [2.05, 4.69) is 0 Å². The fourth-order valence-corrected chi connectivity index (χ4v) is 5.75.